The molecule has 0 unspecified atom stereocenters. The standard InChI is InChI=1S/C15H17N3O2/c1-17-15(20)12-7-3-2-6-11(12)13(16-17)10-14(19)18-8-4-5-9-18/h2-3,6-7H,4-5,8-10H2,1H3. The van der Waals surface area contributed by atoms with Crippen molar-refractivity contribution in [3.05, 3.63) is 40.3 Å². The smallest absolute Gasteiger partial charge is 0.274 e. The minimum Gasteiger partial charge on any atom is -0.342 e. The van der Waals surface area contributed by atoms with E-state index in [2.05, 4.69) is 5.10 Å². The van der Waals surface area contributed by atoms with Crippen molar-refractivity contribution in [3.63, 3.8) is 0 Å². The van der Waals surface area contributed by atoms with Crippen molar-refractivity contribution in [2.75, 3.05) is 13.1 Å². The summed E-state index contributed by atoms with van der Waals surface area (Å²) in [5.41, 5.74) is 0.553. The van der Waals surface area contributed by atoms with Gasteiger partial charge in [-0.05, 0) is 18.9 Å². The molecule has 1 amide bonds. The zero-order valence-corrected chi connectivity index (χ0v) is 11.5. The molecule has 0 aliphatic carbocycles. The molecule has 2 aromatic rings. The Morgan fingerprint density at radius 1 is 1.20 bits per heavy atom. The van der Waals surface area contributed by atoms with Gasteiger partial charge in [0.15, 0.2) is 0 Å². The highest BCUT2D eigenvalue weighted by atomic mass is 16.2. The van der Waals surface area contributed by atoms with Crippen molar-refractivity contribution in [1.29, 1.82) is 0 Å². The Bertz CT molecular complexity index is 715. The minimum atomic E-state index is -0.127. The van der Waals surface area contributed by atoms with Gasteiger partial charge in [-0.15, -0.1) is 0 Å². The maximum absolute atomic E-state index is 12.3. The average Bonchev–Trinajstić information content (AvgIpc) is 2.99. The third-order valence-electron chi connectivity index (χ3n) is 3.81. The van der Waals surface area contributed by atoms with E-state index in [0.29, 0.717) is 11.1 Å². The molecule has 1 aromatic heterocycles. The molecule has 0 spiro atoms. The maximum Gasteiger partial charge on any atom is 0.274 e. The van der Waals surface area contributed by atoms with Gasteiger partial charge in [-0.3, -0.25) is 9.59 Å². The Kier molecular flexibility index (Phi) is 3.26. The van der Waals surface area contributed by atoms with E-state index in [4.69, 9.17) is 0 Å². The summed E-state index contributed by atoms with van der Waals surface area (Å²) in [6.45, 7) is 1.67. The van der Waals surface area contributed by atoms with E-state index in [1.54, 1.807) is 13.1 Å². The minimum absolute atomic E-state index is 0.0961. The second-order valence-electron chi connectivity index (χ2n) is 5.19. The van der Waals surface area contributed by atoms with Crippen LogP contribution < -0.4 is 5.56 Å². The predicted octanol–water partition coefficient (Wildman–Crippen LogP) is 1.10. The second-order valence-corrected chi connectivity index (χ2v) is 5.19. The lowest BCUT2D eigenvalue weighted by Gasteiger charge is -2.15. The van der Waals surface area contributed by atoms with Gasteiger partial charge >= 0.3 is 0 Å². The van der Waals surface area contributed by atoms with Crippen LogP contribution in [-0.4, -0.2) is 33.7 Å². The van der Waals surface area contributed by atoms with Crippen molar-refractivity contribution in [1.82, 2.24) is 14.7 Å². The van der Waals surface area contributed by atoms with Crippen molar-refractivity contribution in [3.8, 4) is 0 Å². The molecule has 104 valence electrons. The Morgan fingerprint density at radius 2 is 1.85 bits per heavy atom. The summed E-state index contributed by atoms with van der Waals surface area (Å²) in [6.07, 6.45) is 2.41. The summed E-state index contributed by atoms with van der Waals surface area (Å²) in [7, 11) is 1.62. The van der Waals surface area contributed by atoms with Crippen LogP contribution in [-0.2, 0) is 18.3 Å². The van der Waals surface area contributed by atoms with Gasteiger partial charge in [0.2, 0.25) is 5.91 Å². The summed E-state index contributed by atoms with van der Waals surface area (Å²) in [5, 5.41) is 5.67. The molecule has 0 atom stereocenters. The fourth-order valence-electron chi connectivity index (χ4n) is 2.73. The Hall–Kier alpha value is -2.17. The highest BCUT2D eigenvalue weighted by molar-refractivity contribution is 5.88. The molecule has 0 N–H and O–H groups in total. The van der Waals surface area contributed by atoms with Crippen LogP contribution in [0.4, 0.5) is 0 Å². The van der Waals surface area contributed by atoms with Crippen molar-refractivity contribution in [2.24, 2.45) is 7.05 Å². The number of hydrogen-bond donors (Lipinski definition) is 0. The zero-order chi connectivity index (χ0) is 14.1. The van der Waals surface area contributed by atoms with Crippen LogP contribution in [0.5, 0.6) is 0 Å². The fourth-order valence-corrected chi connectivity index (χ4v) is 2.73. The number of amides is 1. The molecule has 0 bridgehead atoms. The van der Waals surface area contributed by atoms with Crippen LogP contribution >= 0.6 is 0 Å². The molecular formula is C15H17N3O2. The predicted molar refractivity (Wildman–Crippen MR) is 76.5 cm³/mol. The molecule has 3 rings (SSSR count). The van der Waals surface area contributed by atoms with Gasteiger partial charge in [0.1, 0.15) is 0 Å². The topological polar surface area (TPSA) is 55.2 Å². The first-order valence-electron chi connectivity index (χ1n) is 6.89. The molecule has 1 aromatic carbocycles. The summed E-state index contributed by atoms with van der Waals surface area (Å²) in [6, 6.07) is 7.34. The Morgan fingerprint density at radius 3 is 2.55 bits per heavy atom. The quantitative estimate of drug-likeness (QED) is 0.822. The summed E-state index contributed by atoms with van der Waals surface area (Å²) in [5.74, 6) is 0.0961. The van der Waals surface area contributed by atoms with Crippen molar-refractivity contribution >= 4 is 16.7 Å². The number of fused-ring (bicyclic) bond motifs is 1. The highest BCUT2D eigenvalue weighted by Gasteiger charge is 2.20. The number of aryl methyl sites for hydroxylation is 1. The number of benzene rings is 1. The van der Waals surface area contributed by atoms with Crippen molar-refractivity contribution in [2.45, 2.75) is 19.3 Å². The molecule has 20 heavy (non-hydrogen) atoms. The van der Waals surface area contributed by atoms with Crippen LogP contribution in [0.1, 0.15) is 18.5 Å². The summed E-state index contributed by atoms with van der Waals surface area (Å²) in [4.78, 5) is 26.2. The monoisotopic (exact) mass is 271 g/mol. The van der Waals surface area contributed by atoms with E-state index < -0.39 is 0 Å². The molecule has 1 saturated heterocycles. The average molecular weight is 271 g/mol. The van der Waals surface area contributed by atoms with Crippen LogP contribution in [0.2, 0.25) is 0 Å². The first-order chi connectivity index (χ1) is 9.66. The zero-order valence-electron chi connectivity index (χ0n) is 11.5. The Labute approximate surface area is 116 Å². The largest absolute Gasteiger partial charge is 0.342 e. The third-order valence-corrected chi connectivity index (χ3v) is 3.81. The maximum atomic E-state index is 12.3. The number of carbonyl (C=O) groups is 1. The molecule has 0 saturated carbocycles. The van der Waals surface area contributed by atoms with E-state index in [-0.39, 0.29) is 17.9 Å². The van der Waals surface area contributed by atoms with Gasteiger partial charge in [-0.2, -0.15) is 5.10 Å². The second kappa shape index (κ2) is 5.07. The van der Waals surface area contributed by atoms with Crippen LogP contribution in [0.15, 0.2) is 29.1 Å². The number of hydrogen-bond acceptors (Lipinski definition) is 3. The van der Waals surface area contributed by atoms with E-state index in [0.717, 1.165) is 31.3 Å². The van der Waals surface area contributed by atoms with Crippen molar-refractivity contribution < 1.29 is 4.79 Å². The van der Waals surface area contributed by atoms with Crippen LogP contribution in [0.25, 0.3) is 10.8 Å². The first kappa shape index (κ1) is 12.8. The number of likely N-dealkylation sites (tertiary alicyclic amines) is 1. The first-order valence-corrected chi connectivity index (χ1v) is 6.89. The number of aromatic nitrogens is 2. The normalized spacial score (nSPS) is 14.9. The SMILES string of the molecule is Cn1nc(CC(=O)N2CCCC2)c2ccccc2c1=O. The number of nitrogens with zero attached hydrogens (tertiary/aromatic N) is 3. The molecule has 1 aliphatic heterocycles. The lowest BCUT2D eigenvalue weighted by atomic mass is 10.1. The van der Waals surface area contributed by atoms with Gasteiger partial charge in [0.05, 0.1) is 17.5 Å². The lowest BCUT2D eigenvalue weighted by Crippen LogP contribution is -2.30. The summed E-state index contributed by atoms with van der Waals surface area (Å²) >= 11 is 0. The van der Waals surface area contributed by atoms with Gasteiger partial charge in [-0.25, -0.2) is 4.68 Å². The third kappa shape index (κ3) is 2.19. The number of rotatable bonds is 2. The van der Waals surface area contributed by atoms with Crippen LogP contribution in [0, 0.1) is 0 Å². The van der Waals surface area contributed by atoms with Gasteiger partial charge < -0.3 is 4.90 Å². The van der Waals surface area contributed by atoms with E-state index >= 15 is 0 Å². The van der Waals surface area contributed by atoms with Crippen LogP contribution in [0.3, 0.4) is 0 Å². The van der Waals surface area contributed by atoms with Gasteiger partial charge in [0.25, 0.3) is 5.56 Å². The number of carbonyl (C=O) groups excluding carboxylic acids is 1. The summed E-state index contributed by atoms with van der Waals surface area (Å²) < 4.78 is 1.31. The molecule has 1 aliphatic rings. The van der Waals surface area contributed by atoms with Gasteiger partial charge in [-0.1, -0.05) is 18.2 Å². The fraction of sp³-hybridized carbons (Fsp3) is 0.400. The van der Waals surface area contributed by atoms with E-state index in [1.807, 2.05) is 23.1 Å². The van der Waals surface area contributed by atoms with E-state index in [1.165, 1.54) is 4.68 Å². The van der Waals surface area contributed by atoms with E-state index in [9.17, 15) is 9.59 Å². The molecule has 0 radical (unpaired) electrons. The molecule has 5 nitrogen and oxygen atoms in total. The molecular weight excluding hydrogens is 254 g/mol. The molecule has 1 fully saturated rings. The Balaban J connectivity index is 2.01. The highest BCUT2D eigenvalue weighted by Crippen LogP contribution is 2.16. The molecule has 5 heteroatoms. The van der Waals surface area contributed by atoms with Gasteiger partial charge in [0, 0.05) is 25.5 Å². The molecule has 2 heterocycles. The lowest BCUT2D eigenvalue weighted by molar-refractivity contribution is -0.129.